The first-order valence-corrected chi connectivity index (χ1v) is 8.09. The highest BCUT2D eigenvalue weighted by Gasteiger charge is 2.21. The molecule has 2 unspecified atom stereocenters. The minimum atomic E-state index is 0.225. The number of hydrogen-bond acceptors (Lipinski definition) is 4. The molecule has 0 spiro atoms. The SMILES string of the molecule is c1ccc(CN2CCCC(NCC3COCCO3)C2)cc1. The fraction of sp³-hybridized carbons (Fsp3) is 0.647. The third-order valence-corrected chi connectivity index (χ3v) is 4.27. The molecule has 2 aliphatic rings. The van der Waals surface area contributed by atoms with Crippen molar-refractivity contribution in [2.24, 2.45) is 0 Å². The second kappa shape index (κ2) is 7.90. The van der Waals surface area contributed by atoms with E-state index in [1.165, 1.54) is 24.9 Å². The van der Waals surface area contributed by atoms with Crippen LogP contribution in [0.2, 0.25) is 0 Å². The van der Waals surface area contributed by atoms with E-state index in [1.807, 2.05) is 0 Å². The molecule has 0 amide bonds. The molecule has 21 heavy (non-hydrogen) atoms. The van der Waals surface area contributed by atoms with E-state index in [1.54, 1.807) is 0 Å². The van der Waals surface area contributed by atoms with Gasteiger partial charge in [0, 0.05) is 25.7 Å². The highest BCUT2D eigenvalue weighted by atomic mass is 16.6. The lowest BCUT2D eigenvalue weighted by Gasteiger charge is -2.34. The van der Waals surface area contributed by atoms with Crippen LogP contribution in [0.25, 0.3) is 0 Å². The summed E-state index contributed by atoms with van der Waals surface area (Å²) in [6.45, 7) is 6.50. The number of nitrogens with zero attached hydrogens (tertiary/aromatic N) is 1. The van der Waals surface area contributed by atoms with E-state index in [0.717, 1.165) is 39.5 Å². The van der Waals surface area contributed by atoms with Crippen molar-refractivity contribution in [2.45, 2.75) is 31.5 Å². The van der Waals surface area contributed by atoms with Crippen LogP contribution in [-0.4, -0.2) is 56.5 Å². The quantitative estimate of drug-likeness (QED) is 0.894. The fourth-order valence-corrected chi connectivity index (χ4v) is 3.16. The first-order valence-electron chi connectivity index (χ1n) is 8.09. The van der Waals surface area contributed by atoms with E-state index in [-0.39, 0.29) is 6.10 Å². The van der Waals surface area contributed by atoms with Crippen LogP contribution < -0.4 is 5.32 Å². The van der Waals surface area contributed by atoms with Gasteiger partial charge in [-0.1, -0.05) is 30.3 Å². The lowest BCUT2D eigenvalue weighted by atomic mass is 10.0. The molecule has 2 saturated heterocycles. The molecule has 3 rings (SSSR count). The van der Waals surface area contributed by atoms with Gasteiger partial charge in [0.2, 0.25) is 0 Å². The van der Waals surface area contributed by atoms with E-state index in [4.69, 9.17) is 9.47 Å². The van der Waals surface area contributed by atoms with Crippen molar-refractivity contribution in [1.82, 2.24) is 10.2 Å². The Bertz CT molecular complexity index is 407. The van der Waals surface area contributed by atoms with Crippen LogP contribution in [0, 0.1) is 0 Å². The molecule has 116 valence electrons. The summed E-state index contributed by atoms with van der Waals surface area (Å²) in [4.78, 5) is 2.55. The van der Waals surface area contributed by atoms with Gasteiger partial charge in [-0.25, -0.2) is 0 Å². The maximum Gasteiger partial charge on any atom is 0.0933 e. The number of nitrogens with one attached hydrogen (secondary N) is 1. The topological polar surface area (TPSA) is 33.7 Å². The molecule has 2 fully saturated rings. The highest BCUT2D eigenvalue weighted by molar-refractivity contribution is 5.14. The molecule has 1 N–H and O–H groups in total. The summed E-state index contributed by atoms with van der Waals surface area (Å²) in [5.41, 5.74) is 1.40. The van der Waals surface area contributed by atoms with Crippen molar-refractivity contribution in [1.29, 1.82) is 0 Å². The molecule has 0 bridgehead atoms. The molecular weight excluding hydrogens is 264 g/mol. The first-order chi connectivity index (χ1) is 10.4. The standard InChI is InChI=1S/C17H26N2O2/c1-2-5-15(6-3-1)12-19-8-4-7-16(13-19)18-11-17-14-20-9-10-21-17/h1-3,5-6,16-18H,4,7-14H2. The van der Waals surface area contributed by atoms with Gasteiger partial charge in [-0.05, 0) is 24.9 Å². The van der Waals surface area contributed by atoms with Gasteiger partial charge in [-0.2, -0.15) is 0 Å². The molecule has 1 aromatic carbocycles. The Morgan fingerprint density at radius 3 is 2.90 bits per heavy atom. The number of piperidine rings is 1. The zero-order valence-corrected chi connectivity index (χ0v) is 12.7. The smallest absolute Gasteiger partial charge is 0.0933 e. The van der Waals surface area contributed by atoms with E-state index in [2.05, 4.69) is 40.5 Å². The van der Waals surface area contributed by atoms with Crippen molar-refractivity contribution >= 4 is 0 Å². The van der Waals surface area contributed by atoms with Crippen LogP contribution in [0.15, 0.2) is 30.3 Å². The molecule has 4 nitrogen and oxygen atoms in total. The molecule has 4 heteroatoms. The molecule has 0 aliphatic carbocycles. The summed E-state index contributed by atoms with van der Waals surface area (Å²) in [6.07, 6.45) is 2.76. The minimum absolute atomic E-state index is 0.225. The van der Waals surface area contributed by atoms with Gasteiger partial charge < -0.3 is 14.8 Å². The Hall–Kier alpha value is -0.940. The predicted octanol–water partition coefficient (Wildman–Crippen LogP) is 1.66. The van der Waals surface area contributed by atoms with Crippen molar-refractivity contribution < 1.29 is 9.47 Å². The third kappa shape index (κ3) is 4.78. The van der Waals surface area contributed by atoms with Crippen molar-refractivity contribution in [3.05, 3.63) is 35.9 Å². The van der Waals surface area contributed by atoms with Crippen LogP contribution in [0.3, 0.4) is 0 Å². The average Bonchev–Trinajstić information content (AvgIpc) is 2.55. The maximum absolute atomic E-state index is 5.69. The summed E-state index contributed by atoms with van der Waals surface area (Å²) in [6, 6.07) is 11.3. The fourth-order valence-electron chi connectivity index (χ4n) is 3.16. The Labute approximate surface area is 127 Å². The van der Waals surface area contributed by atoms with E-state index in [9.17, 15) is 0 Å². The Balaban J connectivity index is 1.42. The Morgan fingerprint density at radius 2 is 2.10 bits per heavy atom. The Kier molecular flexibility index (Phi) is 5.63. The lowest BCUT2D eigenvalue weighted by molar-refractivity contribution is -0.0875. The lowest BCUT2D eigenvalue weighted by Crippen LogP contribution is -2.48. The predicted molar refractivity (Wildman–Crippen MR) is 83.3 cm³/mol. The van der Waals surface area contributed by atoms with Crippen LogP contribution in [0.4, 0.5) is 0 Å². The number of rotatable bonds is 5. The molecule has 0 radical (unpaired) electrons. The van der Waals surface area contributed by atoms with E-state index in [0.29, 0.717) is 6.04 Å². The van der Waals surface area contributed by atoms with E-state index < -0.39 is 0 Å². The van der Waals surface area contributed by atoms with Crippen molar-refractivity contribution in [3.63, 3.8) is 0 Å². The second-order valence-corrected chi connectivity index (χ2v) is 6.04. The molecule has 2 heterocycles. The van der Waals surface area contributed by atoms with Crippen LogP contribution in [0.5, 0.6) is 0 Å². The van der Waals surface area contributed by atoms with Gasteiger partial charge in [0.1, 0.15) is 0 Å². The Morgan fingerprint density at radius 1 is 1.19 bits per heavy atom. The zero-order valence-electron chi connectivity index (χ0n) is 12.7. The molecular formula is C17H26N2O2. The molecule has 2 atom stereocenters. The minimum Gasteiger partial charge on any atom is -0.376 e. The summed E-state index contributed by atoms with van der Waals surface area (Å²) in [5.74, 6) is 0. The summed E-state index contributed by atoms with van der Waals surface area (Å²) in [5, 5.41) is 3.66. The normalized spacial score (nSPS) is 27.6. The second-order valence-electron chi connectivity index (χ2n) is 6.04. The van der Waals surface area contributed by atoms with Crippen molar-refractivity contribution in [2.75, 3.05) is 39.5 Å². The number of ether oxygens (including phenoxy) is 2. The third-order valence-electron chi connectivity index (χ3n) is 4.27. The summed E-state index contributed by atoms with van der Waals surface area (Å²) < 4.78 is 11.1. The summed E-state index contributed by atoms with van der Waals surface area (Å²) >= 11 is 0. The maximum atomic E-state index is 5.69. The molecule has 2 aliphatic heterocycles. The van der Waals surface area contributed by atoms with Crippen LogP contribution in [-0.2, 0) is 16.0 Å². The van der Waals surface area contributed by atoms with Gasteiger partial charge in [0.15, 0.2) is 0 Å². The first kappa shape index (κ1) is 15.0. The average molecular weight is 290 g/mol. The molecule has 0 aromatic heterocycles. The molecule has 1 aromatic rings. The van der Waals surface area contributed by atoms with Gasteiger partial charge in [-0.3, -0.25) is 4.90 Å². The van der Waals surface area contributed by atoms with Gasteiger partial charge in [0.05, 0.1) is 25.9 Å². The zero-order chi connectivity index (χ0) is 14.3. The largest absolute Gasteiger partial charge is 0.376 e. The number of benzene rings is 1. The van der Waals surface area contributed by atoms with Gasteiger partial charge in [-0.15, -0.1) is 0 Å². The number of hydrogen-bond donors (Lipinski definition) is 1. The molecule has 0 saturated carbocycles. The van der Waals surface area contributed by atoms with Crippen molar-refractivity contribution in [3.8, 4) is 0 Å². The van der Waals surface area contributed by atoms with Gasteiger partial charge >= 0.3 is 0 Å². The van der Waals surface area contributed by atoms with Crippen LogP contribution in [0.1, 0.15) is 18.4 Å². The number of likely N-dealkylation sites (tertiary alicyclic amines) is 1. The monoisotopic (exact) mass is 290 g/mol. The van der Waals surface area contributed by atoms with E-state index >= 15 is 0 Å². The summed E-state index contributed by atoms with van der Waals surface area (Å²) in [7, 11) is 0. The highest BCUT2D eigenvalue weighted by Crippen LogP contribution is 2.14. The van der Waals surface area contributed by atoms with Gasteiger partial charge in [0.25, 0.3) is 0 Å². The van der Waals surface area contributed by atoms with Crippen LogP contribution >= 0.6 is 0 Å².